The lowest BCUT2D eigenvalue weighted by molar-refractivity contribution is -0.342. The second-order valence-corrected chi connectivity index (χ2v) is 17.4. The molecule has 9 rings (SSSR count). The number of ether oxygens (including phenoxy) is 4. The van der Waals surface area contributed by atoms with Crippen LogP contribution in [0.15, 0.2) is 88.1 Å². The first kappa shape index (κ1) is 45.0. The minimum Gasteiger partial charge on any atom is -0.508 e. The number of hydrogen-bond acceptors (Lipinski definition) is 17. The quantitative estimate of drug-likeness (QED) is 0.0712. The number of aromatic nitrogens is 1. The Morgan fingerprint density at radius 2 is 1.79 bits per heavy atom. The Morgan fingerprint density at radius 1 is 1.03 bits per heavy atom. The van der Waals surface area contributed by atoms with Gasteiger partial charge in [0.25, 0.3) is 0 Å². The second kappa shape index (κ2) is 17.2. The number of phenolic OH excluding ortho intramolecular Hbond substituents is 2. The summed E-state index contributed by atoms with van der Waals surface area (Å²) in [6.07, 6.45) is -3.33. The number of rotatable bonds is 14. The number of nitrogen functional groups attached to an aromatic ring is 1. The summed E-state index contributed by atoms with van der Waals surface area (Å²) in [6.45, 7) is 2.06. The molecule has 0 spiro atoms. The highest BCUT2D eigenvalue weighted by atomic mass is 16.7. The van der Waals surface area contributed by atoms with Crippen molar-refractivity contribution in [3.05, 3.63) is 106 Å². The molecule has 4 heterocycles. The SMILES string of the molecule is CCc1cc(O)cc(C2(Oc3c(OC4OC(C(=O)O)C5(O)C(C6CNCN6)C=CC4(O)C5O)cc4oc(-c5ccc(OC(CO)C(O)c6ccc(N)[nH]6)cc5)cc(=O)c4c3O)CCCC2)c1. The zero-order chi connectivity index (χ0) is 46.7. The molecule has 0 radical (unpaired) electrons. The van der Waals surface area contributed by atoms with Gasteiger partial charge in [0.1, 0.15) is 57.5 Å². The normalized spacial score (nSPS) is 27.7. The number of aliphatic hydroxyl groups is 5. The molecule has 5 aromatic rings. The molecular weight excluding hydrogens is 861 g/mol. The number of carboxylic acids is 1. The van der Waals surface area contributed by atoms with Gasteiger partial charge in [-0.1, -0.05) is 19.1 Å². The van der Waals surface area contributed by atoms with Crippen LogP contribution in [0, 0.1) is 5.92 Å². The lowest BCUT2D eigenvalue weighted by atomic mass is 9.63. The predicted molar refractivity (Wildman–Crippen MR) is 235 cm³/mol. The number of aromatic amines is 1. The minimum absolute atomic E-state index is 0.0100. The van der Waals surface area contributed by atoms with E-state index in [-0.39, 0.29) is 34.0 Å². The van der Waals surface area contributed by atoms with Gasteiger partial charge >= 0.3 is 5.97 Å². The molecule has 19 heteroatoms. The van der Waals surface area contributed by atoms with Crippen LogP contribution in [0.5, 0.6) is 28.7 Å². The van der Waals surface area contributed by atoms with Gasteiger partial charge in [-0.05, 0) is 97.8 Å². The van der Waals surface area contributed by atoms with E-state index in [2.05, 4.69) is 15.6 Å². The fourth-order valence-corrected chi connectivity index (χ4v) is 9.83. The first-order valence-electron chi connectivity index (χ1n) is 21.8. The maximum Gasteiger partial charge on any atom is 0.336 e. The smallest absolute Gasteiger partial charge is 0.336 e. The molecule has 350 valence electrons. The third-order valence-electron chi connectivity index (χ3n) is 13.3. The predicted octanol–water partition coefficient (Wildman–Crippen LogP) is 2.38. The minimum atomic E-state index is -2.58. The Bertz CT molecular complexity index is 2710. The molecule has 3 aromatic carbocycles. The monoisotopic (exact) mass is 912 g/mol. The summed E-state index contributed by atoms with van der Waals surface area (Å²) in [5.74, 6) is -3.61. The molecule has 2 bridgehead atoms. The van der Waals surface area contributed by atoms with Crippen LogP contribution in [-0.4, -0.2) is 113 Å². The molecule has 66 heavy (non-hydrogen) atoms. The van der Waals surface area contributed by atoms with Crippen LogP contribution in [0.3, 0.4) is 0 Å². The standard InChI is InChI=1S/C47H52N4O15/c1-2-23-15-25(17-26(53)16-23)45(12-3-4-13-45)66-40-34(64-44-46(60)14-11-28(30-20-49-22-50-30)47(61,43(46)59)41(65-44)42(57)58)19-33-37(39(40)56)31(54)18-32(63-33)24-5-7-27(8-6-24)62-35(21-52)38(55)29-9-10-36(48)51-29/h5-11,14-19,28,30,35,38,41,43-44,49-53,55-56,59-61H,2-4,12-13,20-22,48H2,1H3,(H,57,58). The number of carbonyl (C=O) groups is 1. The van der Waals surface area contributed by atoms with Crippen molar-refractivity contribution >= 4 is 22.8 Å². The van der Waals surface area contributed by atoms with Crippen LogP contribution in [0.4, 0.5) is 5.82 Å². The third kappa shape index (κ3) is 7.69. The number of aromatic hydroxyl groups is 2. The highest BCUT2D eigenvalue weighted by Crippen LogP contribution is 2.53. The van der Waals surface area contributed by atoms with Gasteiger partial charge in [-0.2, -0.15) is 0 Å². The van der Waals surface area contributed by atoms with Crippen molar-refractivity contribution in [2.45, 2.75) is 92.6 Å². The van der Waals surface area contributed by atoms with Crippen molar-refractivity contribution in [3.63, 3.8) is 0 Å². The van der Waals surface area contributed by atoms with E-state index in [1.807, 2.05) is 13.0 Å². The van der Waals surface area contributed by atoms with Gasteiger partial charge < -0.3 is 80.3 Å². The van der Waals surface area contributed by atoms with E-state index in [1.54, 1.807) is 36.4 Å². The molecule has 2 saturated heterocycles. The van der Waals surface area contributed by atoms with Crippen LogP contribution in [0.1, 0.15) is 55.5 Å². The van der Waals surface area contributed by atoms with E-state index in [4.69, 9.17) is 29.1 Å². The fourth-order valence-electron chi connectivity index (χ4n) is 9.83. The van der Waals surface area contributed by atoms with Crippen LogP contribution in [0.2, 0.25) is 0 Å². The van der Waals surface area contributed by atoms with E-state index in [0.717, 1.165) is 11.6 Å². The third-order valence-corrected chi connectivity index (χ3v) is 13.3. The highest BCUT2D eigenvalue weighted by Gasteiger charge is 2.70. The Morgan fingerprint density at radius 3 is 2.44 bits per heavy atom. The first-order chi connectivity index (χ1) is 31.6. The van der Waals surface area contributed by atoms with Gasteiger partial charge in [0.15, 0.2) is 34.7 Å². The van der Waals surface area contributed by atoms with Crippen molar-refractivity contribution in [1.82, 2.24) is 15.6 Å². The van der Waals surface area contributed by atoms with Crippen molar-refractivity contribution < 1.29 is 69.0 Å². The average Bonchev–Trinajstić information content (AvgIpc) is 4.10. The van der Waals surface area contributed by atoms with Crippen LogP contribution >= 0.6 is 0 Å². The lowest BCUT2D eigenvalue weighted by Gasteiger charge is -2.56. The van der Waals surface area contributed by atoms with E-state index in [9.17, 15) is 50.4 Å². The van der Waals surface area contributed by atoms with Crippen LogP contribution < -0.4 is 36.0 Å². The number of phenols is 2. The molecule has 2 aliphatic carbocycles. The molecule has 2 aromatic heterocycles. The summed E-state index contributed by atoms with van der Waals surface area (Å²) in [4.78, 5) is 29.8. The average molecular weight is 913 g/mol. The van der Waals surface area contributed by atoms with Crippen molar-refractivity contribution in [3.8, 4) is 40.1 Å². The van der Waals surface area contributed by atoms with Gasteiger partial charge in [0.2, 0.25) is 12.0 Å². The number of nitrogens with two attached hydrogens (primary N) is 1. The summed E-state index contributed by atoms with van der Waals surface area (Å²) in [5.41, 5.74) is 0.592. The molecule has 13 N–H and O–H groups in total. The fraction of sp³-hybridized carbons (Fsp3) is 0.404. The highest BCUT2D eigenvalue weighted by molar-refractivity contribution is 5.90. The van der Waals surface area contributed by atoms with Crippen LogP contribution in [0.25, 0.3) is 22.3 Å². The van der Waals surface area contributed by atoms with Crippen molar-refractivity contribution in [2.24, 2.45) is 5.92 Å². The van der Waals surface area contributed by atoms with Gasteiger partial charge in [-0.3, -0.25) is 10.1 Å². The maximum atomic E-state index is 14.1. The zero-order valence-corrected chi connectivity index (χ0v) is 35.7. The molecule has 19 nitrogen and oxygen atoms in total. The molecule has 9 atom stereocenters. The summed E-state index contributed by atoms with van der Waals surface area (Å²) < 4.78 is 31.2. The maximum absolute atomic E-state index is 14.1. The van der Waals surface area contributed by atoms with Gasteiger partial charge in [-0.25, -0.2) is 4.79 Å². The second-order valence-electron chi connectivity index (χ2n) is 17.4. The van der Waals surface area contributed by atoms with Crippen LogP contribution in [-0.2, 0) is 21.6 Å². The number of H-pyrrole nitrogens is 1. The number of hydrogen-bond donors (Lipinski definition) is 12. The number of aliphatic hydroxyl groups excluding tert-OH is 3. The summed E-state index contributed by atoms with van der Waals surface area (Å²) in [6, 6.07) is 16.2. The largest absolute Gasteiger partial charge is 0.508 e. The van der Waals surface area contributed by atoms with E-state index in [0.29, 0.717) is 68.0 Å². The number of anilines is 1. The first-order valence-corrected chi connectivity index (χ1v) is 21.8. The molecule has 4 aliphatic rings. The molecular formula is C47H52N4O15. The Balaban J connectivity index is 1.13. The van der Waals surface area contributed by atoms with Gasteiger partial charge in [0.05, 0.1) is 6.61 Å². The molecule has 0 amide bonds. The van der Waals surface area contributed by atoms with E-state index in [1.165, 1.54) is 30.4 Å². The molecule has 3 fully saturated rings. The Hall–Kier alpha value is -6.16. The summed E-state index contributed by atoms with van der Waals surface area (Å²) in [5, 5.41) is 96.2. The number of nitrogens with one attached hydrogen (secondary N) is 3. The Labute approximate surface area is 376 Å². The van der Waals surface area contributed by atoms with Crippen molar-refractivity contribution in [1.29, 1.82) is 0 Å². The number of aliphatic carboxylic acids is 1. The van der Waals surface area contributed by atoms with E-state index < -0.39 is 89.0 Å². The van der Waals surface area contributed by atoms with Gasteiger partial charge in [-0.15, -0.1) is 0 Å². The van der Waals surface area contributed by atoms with Crippen molar-refractivity contribution in [2.75, 3.05) is 25.6 Å². The summed E-state index contributed by atoms with van der Waals surface area (Å²) >= 11 is 0. The molecule has 1 saturated carbocycles. The molecule has 2 aliphatic heterocycles. The topological polar surface area (TPSA) is 312 Å². The summed E-state index contributed by atoms with van der Waals surface area (Å²) in [7, 11) is 0. The molecule has 9 unspecified atom stereocenters. The number of benzene rings is 3. The number of aryl methyl sites for hydroxylation is 1. The Kier molecular flexibility index (Phi) is 11.8. The zero-order valence-electron chi connectivity index (χ0n) is 35.7. The number of carboxylic acid groups (broad SMARTS) is 1. The van der Waals surface area contributed by atoms with Gasteiger partial charge in [0, 0.05) is 48.6 Å². The number of fused-ring (bicyclic) bond motifs is 3. The lowest BCUT2D eigenvalue weighted by Crippen LogP contribution is -2.79. The van der Waals surface area contributed by atoms with E-state index >= 15 is 0 Å².